The van der Waals surface area contributed by atoms with Crippen molar-refractivity contribution >= 4 is 29.3 Å². The largest absolute Gasteiger partial charge is 0.478 e. The van der Waals surface area contributed by atoms with Gasteiger partial charge in [-0.15, -0.1) is 6.58 Å². The number of fused-ring (bicyclic) bond motifs is 3. The van der Waals surface area contributed by atoms with Crippen LogP contribution in [0.15, 0.2) is 71.1 Å². The van der Waals surface area contributed by atoms with Crippen molar-refractivity contribution < 1.29 is 19.4 Å². The first-order valence-corrected chi connectivity index (χ1v) is 10.4. The fourth-order valence-electron chi connectivity index (χ4n) is 3.61. The van der Waals surface area contributed by atoms with E-state index in [9.17, 15) is 19.5 Å². The fourth-order valence-corrected chi connectivity index (χ4v) is 4.20. The molecule has 0 aliphatic carbocycles. The molecule has 0 spiro atoms. The zero-order valence-corrected chi connectivity index (χ0v) is 17.4. The minimum atomic E-state index is -1.05. The average molecular weight is 435 g/mol. The minimum Gasteiger partial charge on any atom is -0.478 e. The highest BCUT2D eigenvalue weighted by atomic mass is 32.2. The lowest BCUT2D eigenvalue weighted by Crippen LogP contribution is -2.60. The van der Waals surface area contributed by atoms with E-state index in [0.29, 0.717) is 33.4 Å². The van der Waals surface area contributed by atoms with Crippen LogP contribution in [0.5, 0.6) is 0 Å². The van der Waals surface area contributed by atoms with Gasteiger partial charge in [0, 0.05) is 23.3 Å². The molecule has 0 unspecified atom stereocenters. The monoisotopic (exact) mass is 435 g/mol. The third kappa shape index (κ3) is 3.64. The average Bonchev–Trinajstić information content (AvgIpc) is 2.76. The molecule has 0 saturated carbocycles. The van der Waals surface area contributed by atoms with Crippen LogP contribution in [0, 0.1) is 0 Å². The zero-order chi connectivity index (χ0) is 22.1. The summed E-state index contributed by atoms with van der Waals surface area (Å²) < 4.78 is 1.53. The van der Waals surface area contributed by atoms with Gasteiger partial charge in [-0.3, -0.25) is 14.6 Å². The maximum Gasteiger partial charge on any atom is 0.335 e. The summed E-state index contributed by atoms with van der Waals surface area (Å²) in [5.74, 6) is -0.734. The van der Waals surface area contributed by atoms with E-state index in [1.807, 2.05) is 0 Å². The van der Waals surface area contributed by atoms with Crippen LogP contribution >= 0.6 is 11.8 Å². The number of aromatic nitrogens is 3. The molecule has 4 rings (SSSR count). The highest BCUT2D eigenvalue weighted by Crippen LogP contribution is 2.37. The number of aromatic carboxylic acids is 1. The van der Waals surface area contributed by atoms with E-state index in [2.05, 4.69) is 16.7 Å². The zero-order valence-electron chi connectivity index (χ0n) is 16.6. The van der Waals surface area contributed by atoms with Crippen molar-refractivity contribution in [3.8, 4) is 11.3 Å². The van der Waals surface area contributed by atoms with Gasteiger partial charge in [-0.2, -0.15) is 0 Å². The lowest BCUT2D eigenvalue weighted by atomic mass is 10.0. The highest BCUT2D eigenvalue weighted by molar-refractivity contribution is 7.99. The smallest absolute Gasteiger partial charge is 0.335 e. The number of carboxylic acid groups (broad SMARTS) is 1. The van der Waals surface area contributed by atoms with E-state index >= 15 is 0 Å². The number of benzene rings is 2. The Balaban J connectivity index is 2.00. The Hall–Kier alpha value is -3.72. The summed E-state index contributed by atoms with van der Waals surface area (Å²) in [5, 5.41) is 14.2. The third-order valence-corrected chi connectivity index (χ3v) is 5.75. The Morgan fingerprint density at radius 2 is 1.97 bits per heavy atom. The van der Waals surface area contributed by atoms with Gasteiger partial charge >= 0.3 is 17.2 Å². The topological polar surface area (TPSA) is 107 Å². The van der Waals surface area contributed by atoms with Gasteiger partial charge in [-0.1, -0.05) is 30.0 Å². The standard InChI is InChI=1S/C22H18N4O4S/c1-3-12-31-22-23-19(28)18-16-6-4-5-7-17(16)25(13(2)27)20(26(18)24-22)14-8-10-15(11-9-14)21(29)30/h3-11,20H,1,12H2,2H3,(H-,23,24,28,29,30)/p+1/t20-/m1/s1. The van der Waals surface area contributed by atoms with Crippen molar-refractivity contribution in [2.24, 2.45) is 0 Å². The number of carbonyl (C=O) groups excluding carboxylic acids is 1. The molecule has 156 valence electrons. The normalized spacial score (nSPS) is 14.5. The van der Waals surface area contributed by atoms with Crippen LogP contribution in [0.25, 0.3) is 11.3 Å². The number of H-pyrrole nitrogens is 1. The van der Waals surface area contributed by atoms with E-state index in [1.165, 1.54) is 35.5 Å². The summed E-state index contributed by atoms with van der Waals surface area (Å²) in [4.78, 5) is 41.5. The number of carboxylic acids is 1. The van der Waals surface area contributed by atoms with Crippen LogP contribution in [0.2, 0.25) is 0 Å². The van der Waals surface area contributed by atoms with E-state index in [0.717, 1.165) is 0 Å². The number of nitrogens with one attached hydrogen (secondary N) is 1. The predicted molar refractivity (Wildman–Crippen MR) is 116 cm³/mol. The molecule has 9 heteroatoms. The number of amides is 1. The molecule has 1 atom stereocenters. The van der Waals surface area contributed by atoms with Crippen LogP contribution in [0.1, 0.15) is 29.0 Å². The molecule has 0 fully saturated rings. The summed E-state index contributed by atoms with van der Waals surface area (Å²) >= 11 is 1.32. The van der Waals surface area contributed by atoms with E-state index in [4.69, 9.17) is 0 Å². The molecule has 0 radical (unpaired) electrons. The maximum absolute atomic E-state index is 13.1. The Labute approximate surface area is 181 Å². The molecule has 1 aromatic heterocycles. The van der Waals surface area contributed by atoms with Crippen molar-refractivity contribution in [3.63, 3.8) is 0 Å². The van der Waals surface area contributed by atoms with Gasteiger partial charge in [-0.05, 0) is 41.1 Å². The number of hydrogen-bond donors (Lipinski definition) is 2. The summed E-state index contributed by atoms with van der Waals surface area (Å²) in [5.41, 5.74) is 1.92. The molecule has 3 aromatic rings. The number of anilines is 1. The van der Waals surface area contributed by atoms with Gasteiger partial charge in [-0.25, -0.2) is 9.69 Å². The van der Waals surface area contributed by atoms with E-state index < -0.39 is 12.1 Å². The predicted octanol–water partition coefficient (Wildman–Crippen LogP) is 2.61. The number of para-hydroxylation sites is 1. The lowest BCUT2D eigenvalue weighted by Gasteiger charge is -2.31. The molecule has 0 saturated heterocycles. The minimum absolute atomic E-state index is 0.126. The van der Waals surface area contributed by atoms with Gasteiger partial charge in [0.2, 0.25) is 11.1 Å². The molecule has 31 heavy (non-hydrogen) atoms. The second kappa shape index (κ2) is 8.19. The summed E-state index contributed by atoms with van der Waals surface area (Å²) in [6.45, 7) is 5.13. The van der Waals surface area contributed by atoms with Crippen molar-refractivity contribution in [1.82, 2.24) is 10.1 Å². The first kappa shape index (κ1) is 20.5. The molecule has 8 nitrogen and oxygen atoms in total. The SMILES string of the molecule is C=CCSc1n[n+]2c(c(=O)[nH]1)-c1ccccc1N(C(C)=O)[C@H]2c1ccc(C(=O)O)cc1. The molecule has 1 aliphatic rings. The Morgan fingerprint density at radius 3 is 2.61 bits per heavy atom. The third-order valence-electron chi connectivity index (χ3n) is 4.89. The van der Waals surface area contributed by atoms with Crippen molar-refractivity contribution in [2.75, 3.05) is 10.7 Å². The van der Waals surface area contributed by atoms with Crippen molar-refractivity contribution in [1.29, 1.82) is 0 Å². The van der Waals surface area contributed by atoms with Crippen LogP contribution < -0.4 is 15.1 Å². The quantitative estimate of drug-likeness (QED) is 0.362. The van der Waals surface area contributed by atoms with Crippen LogP contribution in [0.3, 0.4) is 0 Å². The Morgan fingerprint density at radius 1 is 1.26 bits per heavy atom. The van der Waals surface area contributed by atoms with Crippen molar-refractivity contribution in [2.45, 2.75) is 18.2 Å². The van der Waals surface area contributed by atoms with Crippen molar-refractivity contribution in [3.05, 3.63) is 82.7 Å². The fraction of sp³-hybridized carbons (Fsp3) is 0.136. The maximum atomic E-state index is 13.1. The van der Waals surface area contributed by atoms with Gasteiger partial charge in [0.05, 0.1) is 16.8 Å². The lowest BCUT2D eigenvalue weighted by molar-refractivity contribution is -0.763. The molecule has 2 N–H and O–H groups in total. The summed E-state index contributed by atoms with van der Waals surface area (Å²) in [7, 11) is 0. The molecular weight excluding hydrogens is 416 g/mol. The number of thioether (sulfide) groups is 1. The number of aromatic amines is 1. The molecule has 0 bridgehead atoms. The number of rotatable bonds is 5. The summed E-state index contributed by atoms with van der Waals surface area (Å²) in [6, 6.07) is 13.3. The van der Waals surface area contributed by atoms with Gasteiger partial charge < -0.3 is 5.11 Å². The first-order chi connectivity index (χ1) is 14.9. The van der Waals surface area contributed by atoms with Gasteiger partial charge in [0.15, 0.2) is 0 Å². The van der Waals surface area contributed by atoms with Crippen LogP contribution in [-0.2, 0) is 4.79 Å². The molecular formula is C22H19N4O4S+. The number of nitrogens with zero attached hydrogens (tertiary/aromatic N) is 3. The molecule has 2 aromatic carbocycles. The molecule has 1 amide bonds. The highest BCUT2D eigenvalue weighted by Gasteiger charge is 2.44. The van der Waals surface area contributed by atoms with Gasteiger partial charge in [0.25, 0.3) is 6.17 Å². The first-order valence-electron chi connectivity index (χ1n) is 9.44. The number of carbonyl (C=O) groups is 2. The number of hydrogen-bond acceptors (Lipinski definition) is 5. The van der Waals surface area contributed by atoms with E-state index in [-0.39, 0.29) is 17.0 Å². The van der Waals surface area contributed by atoms with Crippen LogP contribution in [-0.4, -0.2) is 32.8 Å². The second-order valence-electron chi connectivity index (χ2n) is 6.86. The van der Waals surface area contributed by atoms with Crippen LogP contribution in [0.4, 0.5) is 5.69 Å². The Kier molecular flexibility index (Phi) is 5.43. The van der Waals surface area contributed by atoms with E-state index in [1.54, 1.807) is 47.4 Å². The molecule has 1 aliphatic heterocycles. The summed E-state index contributed by atoms with van der Waals surface area (Å²) in [6.07, 6.45) is 0.948. The Bertz CT molecular complexity index is 1250. The second-order valence-corrected chi connectivity index (χ2v) is 7.87. The van der Waals surface area contributed by atoms with Gasteiger partial charge in [0.1, 0.15) is 0 Å². The molecule has 2 heterocycles.